The van der Waals surface area contributed by atoms with Gasteiger partial charge in [0.15, 0.2) is 0 Å². The fraction of sp³-hybridized carbons (Fsp3) is 1.00. The normalized spacial score (nSPS) is 28.3. The summed E-state index contributed by atoms with van der Waals surface area (Å²) < 4.78 is 30.8. The highest BCUT2D eigenvalue weighted by Gasteiger charge is 2.30. The van der Waals surface area contributed by atoms with Gasteiger partial charge >= 0.3 is 0 Å². The third kappa shape index (κ3) is 3.43. The fourth-order valence-electron chi connectivity index (χ4n) is 2.45. The molecule has 0 saturated heterocycles. The van der Waals surface area contributed by atoms with Gasteiger partial charge in [-0.3, -0.25) is 4.55 Å². The van der Waals surface area contributed by atoms with E-state index >= 15 is 0 Å². The maximum absolute atomic E-state index is 10.9. The summed E-state index contributed by atoms with van der Waals surface area (Å²) in [7, 11) is -3.81. The highest BCUT2D eigenvalue weighted by atomic mass is 32.2. The molecule has 0 aromatic carbocycles. The van der Waals surface area contributed by atoms with Crippen LogP contribution in [0.3, 0.4) is 0 Å². The van der Waals surface area contributed by atoms with Gasteiger partial charge in [0.05, 0.1) is 5.25 Å². The summed E-state index contributed by atoms with van der Waals surface area (Å²) in [5.41, 5.74) is 0. The van der Waals surface area contributed by atoms with Gasteiger partial charge in [-0.15, -0.1) is 0 Å². The molecule has 0 unspecified atom stereocenters. The van der Waals surface area contributed by atoms with Crippen LogP contribution in [0.5, 0.6) is 0 Å². The van der Waals surface area contributed by atoms with E-state index in [1.165, 1.54) is 0 Å². The highest BCUT2D eigenvalue weighted by Crippen LogP contribution is 2.26. The number of hydrogen-bond donors (Lipinski definition) is 1. The van der Waals surface area contributed by atoms with Crippen LogP contribution in [0.25, 0.3) is 0 Å². The van der Waals surface area contributed by atoms with Crippen LogP contribution < -0.4 is 0 Å². The molecule has 0 spiro atoms. The first kappa shape index (κ1) is 12.9. The molecule has 1 aliphatic carbocycles. The molecule has 0 heterocycles. The van der Waals surface area contributed by atoms with Gasteiger partial charge in [-0.25, -0.2) is 0 Å². The quantitative estimate of drug-likeness (QED) is 0.751. The van der Waals surface area contributed by atoms with E-state index < -0.39 is 15.4 Å². The van der Waals surface area contributed by atoms with E-state index in [2.05, 4.69) is 18.7 Å². The molecule has 0 aromatic rings. The van der Waals surface area contributed by atoms with Crippen LogP contribution in [-0.4, -0.2) is 42.3 Å². The van der Waals surface area contributed by atoms with E-state index in [4.69, 9.17) is 4.55 Å². The van der Waals surface area contributed by atoms with Crippen molar-refractivity contribution in [2.24, 2.45) is 0 Å². The summed E-state index contributed by atoms with van der Waals surface area (Å²) in [6, 6.07) is 0.498. The summed E-state index contributed by atoms with van der Waals surface area (Å²) in [5, 5.41) is -0.524. The highest BCUT2D eigenvalue weighted by molar-refractivity contribution is 7.86. The van der Waals surface area contributed by atoms with Crippen LogP contribution in [0.2, 0.25) is 0 Å². The minimum absolute atomic E-state index is 0.498. The standard InChI is InChI=1S/C10H21NO3S/c1-3-11(4-2)9-5-7-10(8-6-9)15(12,13)14/h9-10H,3-8H2,1-2H3,(H,12,13,14). The smallest absolute Gasteiger partial charge is 0.267 e. The third-order valence-corrected chi connectivity index (χ3v) is 4.71. The molecule has 1 saturated carbocycles. The van der Waals surface area contributed by atoms with Crippen LogP contribution in [0.4, 0.5) is 0 Å². The monoisotopic (exact) mass is 235 g/mol. The summed E-state index contributed by atoms with van der Waals surface area (Å²) in [5.74, 6) is 0. The molecule has 0 atom stereocenters. The summed E-state index contributed by atoms with van der Waals surface area (Å²) >= 11 is 0. The van der Waals surface area contributed by atoms with Gasteiger partial charge in [-0.2, -0.15) is 8.42 Å². The molecule has 0 radical (unpaired) electrons. The zero-order valence-electron chi connectivity index (χ0n) is 9.52. The minimum Gasteiger partial charge on any atom is -0.301 e. The van der Waals surface area contributed by atoms with Crippen molar-refractivity contribution < 1.29 is 13.0 Å². The van der Waals surface area contributed by atoms with Crippen molar-refractivity contribution >= 4 is 10.1 Å². The third-order valence-electron chi connectivity index (χ3n) is 3.39. The van der Waals surface area contributed by atoms with E-state index in [9.17, 15) is 8.42 Å². The zero-order chi connectivity index (χ0) is 11.5. The van der Waals surface area contributed by atoms with Crippen molar-refractivity contribution in [3.63, 3.8) is 0 Å². The molecule has 0 aromatic heterocycles. The number of rotatable bonds is 4. The Morgan fingerprint density at radius 1 is 1.13 bits per heavy atom. The Morgan fingerprint density at radius 2 is 1.60 bits per heavy atom. The predicted octanol–water partition coefficient (Wildman–Crippen LogP) is 1.53. The Kier molecular flexibility index (Phi) is 4.55. The van der Waals surface area contributed by atoms with Crippen molar-refractivity contribution in [3.8, 4) is 0 Å². The van der Waals surface area contributed by atoms with Crippen LogP contribution in [0.15, 0.2) is 0 Å². The van der Waals surface area contributed by atoms with Crippen LogP contribution in [0, 0.1) is 0 Å². The average molecular weight is 235 g/mol. The molecule has 90 valence electrons. The minimum atomic E-state index is -3.81. The maximum Gasteiger partial charge on any atom is 0.267 e. The average Bonchev–Trinajstić information content (AvgIpc) is 2.19. The van der Waals surface area contributed by atoms with E-state index in [0.717, 1.165) is 25.9 Å². The molecule has 0 aliphatic heterocycles. The second-order valence-electron chi connectivity index (χ2n) is 4.17. The first-order chi connectivity index (χ1) is 6.99. The Bertz CT molecular complexity index is 277. The second-order valence-corrected chi connectivity index (χ2v) is 5.86. The maximum atomic E-state index is 10.9. The number of nitrogens with zero attached hydrogens (tertiary/aromatic N) is 1. The fourth-order valence-corrected chi connectivity index (χ4v) is 3.32. The Labute approximate surface area is 92.4 Å². The second kappa shape index (κ2) is 5.27. The first-order valence-corrected chi connectivity index (χ1v) is 7.19. The summed E-state index contributed by atoms with van der Waals surface area (Å²) in [6.07, 6.45) is 2.96. The van der Waals surface area contributed by atoms with Gasteiger partial charge in [0, 0.05) is 6.04 Å². The van der Waals surface area contributed by atoms with Gasteiger partial charge in [-0.1, -0.05) is 13.8 Å². The molecular weight excluding hydrogens is 214 g/mol. The van der Waals surface area contributed by atoms with Crippen molar-refractivity contribution in [1.82, 2.24) is 4.90 Å². The van der Waals surface area contributed by atoms with Gasteiger partial charge in [-0.05, 0) is 38.8 Å². The molecule has 1 fully saturated rings. The summed E-state index contributed by atoms with van der Waals surface area (Å²) in [4.78, 5) is 2.36. The first-order valence-electron chi connectivity index (χ1n) is 5.69. The molecule has 4 nitrogen and oxygen atoms in total. The molecule has 5 heteroatoms. The lowest BCUT2D eigenvalue weighted by molar-refractivity contribution is 0.171. The molecule has 0 bridgehead atoms. The van der Waals surface area contributed by atoms with Crippen molar-refractivity contribution in [2.45, 2.75) is 50.8 Å². The lowest BCUT2D eigenvalue weighted by Gasteiger charge is -2.34. The Hall–Kier alpha value is -0.130. The lowest BCUT2D eigenvalue weighted by Crippen LogP contribution is -2.40. The number of hydrogen-bond acceptors (Lipinski definition) is 3. The van der Waals surface area contributed by atoms with Gasteiger partial charge in [0.1, 0.15) is 0 Å². The van der Waals surface area contributed by atoms with E-state index in [1.54, 1.807) is 0 Å². The summed E-state index contributed by atoms with van der Waals surface area (Å²) in [6.45, 7) is 6.27. The molecule has 1 rings (SSSR count). The van der Waals surface area contributed by atoms with E-state index in [-0.39, 0.29) is 0 Å². The Morgan fingerprint density at radius 3 is 1.93 bits per heavy atom. The van der Waals surface area contributed by atoms with Gasteiger partial charge < -0.3 is 4.90 Å². The van der Waals surface area contributed by atoms with Gasteiger partial charge in [0.25, 0.3) is 10.1 Å². The van der Waals surface area contributed by atoms with E-state index in [1.807, 2.05) is 0 Å². The van der Waals surface area contributed by atoms with Crippen molar-refractivity contribution in [2.75, 3.05) is 13.1 Å². The molecule has 1 aliphatic rings. The molecular formula is C10H21NO3S. The largest absolute Gasteiger partial charge is 0.301 e. The van der Waals surface area contributed by atoms with Crippen LogP contribution in [0.1, 0.15) is 39.5 Å². The van der Waals surface area contributed by atoms with E-state index in [0.29, 0.717) is 18.9 Å². The van der Waals surface area contributed by atoms with Crippen LogP contribution >= 0.6 is 0 Å². The van der Waals surface area contributed by atoms with Crippen molar-refractivity contribution in [1.29, 1.82) is 0 Å². The van der Waals surface area contributed by atoms with Gasteiger partial charge in [0.2, 0.25) is 0 Å². The molecule has 15 heavy (non-hydrogen) atoms. The SMILES string of the molecule is CCN(CC)C1CCC(S(=O)(=O)O)CC1. The predicted molar refractivity (Wildman–Crippen MR) is 60.5 cm³/mol. The Balaban J connectivity index is 2.49. The molecule has 0 amide bonds. The van der Waals surface area contributed by atoms with Crippen molar-refractivity contribution in [3.05, 3.63) is 0 Å². The molecule has 1 N–H and O–H groups in total. The van der Waals surface area contributed by atoms with Crippen LogP contribution in [-0.2, 0) is 10.1 Å². The zero-order valence-corrected chi connectivity index (χ0v) is 10.3. The lowest BCUT2D eigenvalue weighted by atomic mass is 9.94. The topological polar surface area (TPSA) is 57.6 Å².